The van der Waals surface area contributed by atoms with E-state index in [4.69, 9.17) is 4.74 Å². The van der Waals surface area contributed by atoms with E-state index < -0.39 is 11.6 Å². The minimum atomic E-state index is -0.879. The van der Waals surface area contributed by atoms with Gasteiger partial charge in [0.1, 0.15) is 6.61 Å². The van der Waals surface area contributed by atoms with Crippen LogP contribution in [0.15, 0.2) is 23.2 Å². The molecule has 0 amide bonds. The van der Waals surface area contributed by atoms with Gasteiger partial charge in [-0.3, -0.25) is 0 Å². The highest BCUT2D eigenvalue weighted by Crippen LogP contribution is 2.12. The SMILES string of the molecule is Fc1ccc(C2=NCCO2)cc1F. The first-order valence-electron chi connectivity index (χ1n) is 3.90. The molecule has 0 aliphatic carbocycles. The second-order valence-corrected chi connectivity index (χ2v) is 2.66. The Morgan fingerprint density at radius 3 is 2.69 bits per heavy atom. The quantitative estimate of drug-likeness (QED) is 0.649. The fourth-order valence-corrected chi connectivity index (χ4v) is 1.14. The molecule has 1 aliphatic rings. The van der Waals surface area contributed by atoms with E-state index in [1.165, 1.54) is 6.07 Å². The van der Waals surface area contributed by atoms with Crippen LogP contribution in [0.4, 0.5) is 8.78 Å². The van der Waals surface area contributed by atoms with Gasteiger partial charge in [-0.15, -0.1) is 0 Å². The molecule has 4 heteroatoms. The van der Waals surface area contributed by atoms with Crippen molar-refractivity contribution in [1.29, 1.82) is 0 Å². The Hall–Kier alpha value is -1.45. The number of ether oxygens (including phenoxy) is 1. The zero-order valence-electron chi connectivity index (χ0n) is 6.76. The van der Waals surface area contributed by atoms with Crippen molar-refractivity contribution in [2.24, 2.45) is 4.99 Å². The molecular formula is C9H7F2NO. The monoisotopic (exact) mass is 183 g/mol. The lowest BCUT2D eigenvalue weighted by Gasteiger charge is -2.01. The van der Waals surface area contributed by atoms with Gasteiger partial charge in [0.2, 0.25) is 5.90 Å². The molecule has 0 saturated carbocycles. The molecule has 0 aromatic heterocycles. The third-order valence-corrected chi connectivity index (χ3v) is 1.75. The van der Waals surface area contributed by atoms with Crippen molar-refractivity contribution >= 4 is 5.90 Å². The van der Waals surface area contributed by atoms with E-state index in [1.807, 2.05) is 0 Å². The molecule has 0 atom stereocenters. The summed E-state index contributed by atoms with van der Waals surface area (Å²) in [5.74, 6) is -1.35. The molecule has 0 fully saturated rings. The molecule has 0 unspecified atom stereocenters. The van der Waals surface area contributed by atoms with Gasteiger partial charge in [0.05, 0.1) is 6.54 Å². The van der Waals surface area contributed by atoms with Gasteiger partial charge in [0.25, 0.3) is 0 Å². The summed E-state index contributed by atoms with van der Waals surface area (Å²) in [5, 5.41) is 0. The number of hydrogen-bond donors (Lipinski definition) is 0. The van der Waals surface area contributed by atoms with Crippen LogP contribution in [0, 0.1) is 11.6 Å². The zero-order valence-corrected chi connectivity index (χ0v) is 6.76. The molecule has 1 aromatic rings. The van der Waals surface area contributed by atoms with Gasteiger partial charge >= 0.3 is 0 Å². The number of hydrogen-bond acceptors (Lipinski definition) is 2. The Labute approximate surface area is 73.9 Å². The lowest BCUT2D eigenvalue weighted by atomic mass is 10.2. The van der Waals surface area contributed by atoms with Crippen molar-refractivity contribution in [2.75, 3.05) is 13.2 Å². The topological polar surface area (TPSA) is 21.6 Å². The maximum Gasteiger partial charge on any atom is 0.216 e. The number of benzene rings is 1. The average Bonchev–Trinajstić information content (AvgIpc) is 2.62. The Morgan fingerprint density at radius 2 is 2.08 bits per heavy atom. The first kappa shape index (κ1) is 8.16. The minimum Gasteiger partial charge on any atom is -0.476 e. The van der Waals surface area contributed by atoms with Gasteiger partial charge in [0, 0.05) is 5.56 Å². The van der Waals surface area contributed by atoms with Crippen molar-refractivity contribution in [2.45, 2.75) is 0 Å². The third-order valence-electron chi connectivity index (χ3n) is 1.75. The van der Waals surface area contributed by atoms with Crippen LogP contribution >= 0.6 is 0 Å². The van der Waals surface area contributed by atoms with E-state index >= 15 is 0 Å². The Kier molecular flexibility index (Phi) is 1.96. The molecule has 1 heterocycles. The largest absolute Gasteiger partial charge is 0.476 e. The first-order chi connectivity index (χ1) is 6.27. The highest BCUT2D eigenvalue weighted by Gasteiger charge is 2.12. The molecule has 13 heavy (non-hydrogen) atoms. The molecule has 2 rings (SSSR count). The molecule has 68 valence electrons. The van der Waals surface area contributed by atoms with E-state index in [2.05, 4.69) is 4.99 Å². The van der Waals surface area contributed by atoms with Crippen molar-refractivity contribution in [3.63, 3.8) is 0 Å². The normalized spacial score (nSPS) is 15.4. The predicted molar refractivity (Wildman–Crippen MR) is 43.7 cm³/mol. The van der Waals surface area contributed by atoms with Crippen LogP contribution in [0.1, 0.15) is 5.56 Å². The van der Waals surface area contributed by atoms with Crippen molar-refractivity contribution in [1.82, 2.24) is 0 Å². The Balaban J connectivity index is 2.36. The molecular weight excluding hydrogens is 176 g/mol. The van der Waals surface area contributed by atoms with E-state index in [9.17, 15) is 8.78 Å². The van der Waals surface area contributed by atoms with Crippen LogP contribution in [-0.2, 0) is 4.74 Å². The summed E-state index contributed by atoms with van der Waals surface area (Å²) in [6, 6.07) is 3.59. The molecule has 1 aromatic carbocycles. The predicted octanol–water partition coefficient (Wildman–Crippen LogP) is 1.74. The van der Waals surface area contributed by atoms with E-state index in [0.29, 0.717) is 24.6 Å². The number of nitrogens with zero attached hydrogens (tertiary/aromatic N) is 1. The van der Waals surface area contributed by atoms with Gasteiger partial charge in [-0.05, 0) is 18.2 Å². The molecule has 1 aliphatic heterocycles. The summed E-state index contributed by atoms with van der Waals surface area (Å²) in [6.45, 7) is 1.09. The third kappa shape index (κ3) is 1.52. The van der Waals surface area contributed by atoms with Crippen molar-refractivity contribution < 1.29 is 13.5 Å². The Morgan fingerprint density at radius 1 is 1.23 bits per heavy atom. The molecule has 0 bridgehead atoms. The summed E-state index contributed by atoms with van der Waals surface area (Å²) in [4.78, 5) is 3.98. The summed E-state index contributed by atoms with van der Waals surface area (Å²) in [6.07, 6.45) is 0. The van der Waals surface area contributed by atoms with E-state index in [0.717, 1.165) is 12.1 Å². The van der Waals surface area contributed by atoms with Gasteiger partial charge in [-0.2, -0.15) is 0 Å². The highest BCUT2D eigenvalue weighted by molar-refractivity contribution is 5.94. The second-order valence-electron chi connectivity index (χ2n) is 2.66. The van der Waals surface area contributed by atoms with Crippen LogP contribution in [0.2, 0.25) is 0 Å². The molecule has 0 N–H and O–H groups in total. The first-order valence-corrected chi connectivity index (χ1v) is 3.90. The lowest BCUT2D eigenvalue weighted by Crippen LogP contribution is -2.02. The lowest BCUT2D eigenvalue weighted by molar-refractivity contribution is 0.348. The minimum absolute atomic E-state index is 0.388. The van der Waals surface area contributed by atoms with Crippen LogP contribution in [0.3, 0.4) is 0 Å². The summed E-state index contributed by atoms with van der Waals surface area (Å²) in [7, 11) is 0. The highest BCUT2D eigenvalue weighted by atomic mass is 19.2. The van der Waals surface area contributed by atoms with Gasteiger partial charge < -0.3 is 4.74 Å². The van der Waals surface area contributed by atoms with Crippen LogP contribution in [0.5, 0.6) is 0 Å². The van der Waals surface area contributed by atoms with Gasteiger partial charge in [0.15, 0.2) is 11.6 Å². The standard InChI is InChI=1S/C9H7F2NO/c10-7-2-1-6(5-8(7)11)9-12-3-4-13-9/h1-2,5H,3-4H2. The fraction of sp³-hybridized carbons (Fsp3) is 0.222. The smallest absolute Gasteiger partial charge is 0.216 e. The maximum absolute atomic E-state index is 12.7. The fourth-order valence-electron chi connectivity index (χ4n) is 1.14. The maximum atomic E-state index is 12.7. The van der Waals surface area contributed by atoms with Crippen molar-refractivity contribution in [3.05, 3.63) is 35.4 Å². The zero-order chi connectivity index (χ0) is 9.26. The Bertz CT molecular complexity index is 363. The van der Waals surface area contributed by atoms with Crippen LogP contribution < -0.4 is 0 Å². The summed E-state index contributed by atoms with van der Waals surface area (Å²) in [5.41, 5.74) is 0.483. The average molecular weight is 183 g/mol. The molecule has 2 nitrogen and oxygen atoms in total. The summed E-state index contributed by atoms with van der Waals surface area (Å²) >= 11 is 0. The molecule has 0 spiro atoms. The number of aliphatic imine (C=N–C) groups is 1. The second kappa shape index (κ2) is 3.12. The number of rotatable bonds is 1. The summed E-state index contributed by atoms with van der Waals surface area (Å²) < 4.78 is 30.4. The van der Waals surface area contributed by atoms with E-state index in [-0.39, 0.29) is 0 Å². The van der Waals surface area contributed by atoms with Gasteiger partial charge in [-0.25, -0.2) is 13.8 Å². The molecule has 0 saturated heterocycles. The van der Waals surface area contributed by atoms with Crippen LogP contribution in [0.25, 0.3) is 0 Å². The van der Waals surface area contributed by atoms with Gasteiger partial charge in [-0.1, -0.05) is 0 Å². The van der Waals surface area contributed by atoms with E-state index in [1.54, 1.807) is 0 Å². The van der Waals surface area contributed by atoms with Crippen LogP contribution in [-0.4, -0.2) is 19.0 Å². The number of halogens is 2. The molecule has 0 radical (unpaired) electrons. The van der Waals surface area contributed by atoms with Crippen molar-refractivity contribution in [3.8, 4) is 0 Å².